The lowest BCUT2D eigenvalue weighted by atomic mass is 9.91. The molecular formula is C17H27ClN2O4. The predicted octanol–water partition coefficient (Wildman–Crippen LogP) is 1.90. The third-order valence-electron chi connectivity index (χ3n) is 4.20. The number of carbonyl (C=O) groups excluding carboxylic acids is 1. The summed E-state index contributed by atoms with van der Waals surface area (Å²) in [6, 6.07) is 5.67. The molecule has 1 aliphatic heterocycles. The lowest BCUT2D eigenvalue weighted by Gasteiger charge is -2.34. The molecule has 2 N–H and O–H groups in total. The summed E-state index contributed by atoms with van der Waals surface area (Å²) < 4.78 is 16.4. The minimum absolute atomic E-state index is 0. The van der Waals surface area contributed by atoms with Crippen LogP contribution in [0.5, 0.6) is 11.5 Å². The molecule has 6 nitrogen and oxygen atoms in total. The second-order valence-electron chi connectivity index (χ2n) is 5.55. The van der Waals surface area contributed by atoms with E-state index in [9.17, 15) is 4.79 Å². The molecule has 1 heterocycles. The highest BCUT2D eigenvalue weighted by molar-refractivity contribution is 5.85. The number of amides is 1. The Morgan fingerprint density at radius 2 is 1.96 bits per heavy atom. The smallest absolute Gasteiger partial charge is 0.252 e. The van der Waals surface area contributed by atoms with Crippen LogP contribution in [0.15, 0.2) is 18.2 Å². The van der Waals surface area contributed by atoms with Gasteiger partial charge in [0.2, 0.25) is 0 Å². The van der Waals surface area contributed by atoms with Gasteiger partial charge in [0.05, 0.1) is 13.7 Å². The van der Waals surface area contributed by atoms with Crippen LogP contribution in [0.1, 0.15) is 25.3 Å². The van der Waals surface area contributed by atoms with E-state index in [1.165, 1.54) is 0 Å². The van der Waals surface area contributed by atoms with Crippen LogP contribution >= 0.6 is 12.4 Å². The third kappa shape index (κ3) is 4.75. The molecule has 0 unspecified atom stereocenters. The van der Waals surface area contributed by atoms with Crippen molar-refractivity contribution < 1.29 is 19.0 Å². The van der Waals surface area contributed by atoms with Crippen molar-refractivity contribution in [1.82, 2.24) is 10.6 Å². The van der Waals surface area contributed by atoms with E-state index in [-0.39, 0.29) is 18.3 Å². The first-order chi connectivity index (χ1) is 11.1. The van der Waals surface area contributed by atoms with E-state index in [4.69, 9.17) is 14.2 Å². The number of carbonyl (C=O) groups is 1. The molecular weight excluding hydrogens is 332 g/mol. The van der Waals surface area contributed by atoms with Gasteiger partial charge in [-0.05, 0) is 50.6 Å². The van der Waals surface area contributed by atoms with Crippen LogP contribution in [-0.2, 0) is 16.1 Å². The zero-order chi connectivity index (χ0) is 16.7. The highest BCUT2D eigenvalue weighted by atomic mass is 35.5. The number of rotatable bonds is 7. The average Bonchev–Trinajstić information content (AvgIpc) is 2.61. The van der Waals surface area contributed by atoms with Gasteiger partial charge in [0.1, 0.15) is 5.60 Å². The summed E-state index contributed by atoms with van der Waals surface area (Å²) in [5, 5.41) is 6.22. The number of hydrogen-bond donors (Lipinski definition) is 2. The molecule has 0 aromatic heterocycles. The van der Waals surface area contributed by atoms with Crippen LogP contribution in [0.25, 0.3) is 0 Å². The first-order valence-corrected chi connectivity index (χ1v) is 7.99. The van der Waals surface area contributed by atoms with Crippen molar-refractivity contribution in [1.29, 1.82) is 0 Å². The maximum Gasteiger partial charge on any atom is 0.252 e. The Hall–Kier alpha value is -1.50. The van der Waals surface area contributed by atoms with Crippen molar-refractivity contribution in [2.75, 3.05) is 33.9 Å². The molecule has 2 rings (SSSR count). The molecule has 0 atom stereocenters. The van der Waals surface area contributed by atoms with Gasteiger partial charge in [-0.2, -0.15) is 0 Å². The van der Waals surface area contributed by atoms with Gasteiger partial charge in [-0.15, -0.1) is 12.4 Å². The van der Waals surface area contributed by atoms with Gasteiger partial charge in [0, 0.05) is 13.7 Å². The van der Waals surface area contributed by atoms with Crippen molar-refractivity contribution in [3.05, 3.63) is 23.8 Å². The molecule has 1 aromatic carbocycles. The van der Waals surface area contributed by atoms with Crippen molar-refractivity contribution >= 4 is 18.3 Å². The largest absolute Gasteiger partial charge is 0.493 e. The maximum absolute atomic E-state index is 12.5. The highest BCUT2D eigenvalue weighted by Gasteiger charge is 2.39. The Balaban J connectivity index is 0.00000288. The van der Waals surface area contributed by atoms with Crippen LogP contribution in [0, 0.1) is 0 Å². The molecule has 24 heavy (non-hydrogen) atoms. The van der Waals surface area contributed by atoms with Crippen LogP contribution in [0.2, 0.25) is 0 Å². The Morgan fingerprint density at radius 1 is 1.25 bits per heavy atom. The molecule has 1 fully saturated rings. The van der Waals surface area contributed by atoms with Crippen LogP contribution in [0.3, 0.4) is 0 Å². The van der Waals surface area contributed by atoms with Gasteiger partial charge in [-0.3, -0.25) is 4.79 Å². The van der Waals surface area contributed by atoms with Crippen LogP contribution in [0.4, 0.5) is 0 Å². The quantitative estimate of drug-likeness (QED) is 0.779. The van der Waals surface area contributed by atoms with E-state index in [1.807, 2.05) is 25.1 Å². The highest BCUT2D eigenvalue weighted by Crippen LogP contribution is 2.28. The van der Waals surface area contributed by atoms with Crippen molar-refractivity contribution in [3.63, 3.8) is 0 Å². The van der Waals surface area contributed by atoms with E-state index in [1.54, 1.807) is 14.2 Å². The Kier molecular flexibility index (Phi) is 8.31. The molecule has 1 aliphatic rings. The molecule has 1 aromatic rings. The molecule has 0 saturated carbocycles. The number of nitrogens with one attached hydrogen (secondary N) is 2. The average molecular weight is 359 g/mol. The molecule has 0 spiro atoms. The van der Waals surface area contributed by atoms with Gasteiger partial charge in [0.15, 0.2) is 11.5 Å². The Bertz CT molecular complexity index is 533. The predicted molar refractivity (Wildman–Crippen MR) is 95.1 cm³/mol. The normalized spacial score (nSPS) is 16.0. The summed E-state index contributed by atoms with van der Waals surface area (Å²) in [4.78, 5) is 12.5. The lowest BCUT2D eigenvalue weighted by molar-refractivity contribution is -0.146. The molecule has 0 radical (unpaired) electrons. The summed E-state index contributed by atoms with van der Waals surface area (Å²) in [5.74, 6) is 1.31. The van der Waals surface area contributed by atoms with Crippen LogP contribution < -0.4 is 20.1 Å². The van der Waals surface area contributed by atoms with Gasteiger partial charge < -0.3 is 24.8 Å². The summed E-state index contributed by atoms with van der Waals surface area (Å²) in [6.45, 7) is 4.52. The standard InChI is InChI=1S/C17H26N2O4.ClH/c1-4-23-14-6-5-13(11-15(14)21-2)12-19-16(20)17(22-3)7-9-18-10-8-17;/h5-6,11,18H,4,7-10,12H2,1-3H3,(H,19,20);1H. The molecule has 1 saturated heterocycles. The molecule has 136 valence electrons. The number of halogens is 1. The van der Waals surface area contributed by atoms with Gasteiger partial charge in [-0.1, -0.05) is 6.07 Å². The van der Waals surface area contributed by atoms with Gasteiger partial charge >= 0.3 is 0 Å². The minimum atomic E-state index is -0.722. The minimum Gasteiger partial charge on any atom is -0.493 e. The van der Waals surface area contributed by atoms with E-state index in [0.29, 0.717) is 37.5 Å². The van der Waals surface area contributed by atoms with Crippen LogP contribution in [-0.4, -0.2) is 45.4 Å². The van der Waals surface area contributed by atoms with E-state index in [2.05, 4.69) is 10.6 Å². The number of methoxy groups -OCH3 is 2. The first kappa shape index (κ1) is 20.5. The summed E-state index contributed by atoms with van der Waals surface area (Å²) in [6.07, 6.45) is 1.36. The second-order valence-corrected chi connectivity index (χ2v) is 5.55. The van der Waals surface area contributed by atoms with E-state index >= 15 is 0 Å². The molecule has 1 amide bonds. The third-order valence-corrected chi connectivity index (χ3v) is 4.20. The number of ether oxygens (including phenoxy) is 3. The van der Waals surface area contributed by atoms with Crippen molar-refractivity contribution in [2.45, 2.75) is 31.9 Å². The topological polar surface area (TPSA) is 68.8 Å². The fraction of sp³-hybridized carbons (Fsp3) is 0.588. The fourth-order valence-electron chi connectivity index (χ4n) is 2.79. The fourth-order valence-corrected chi connectivity index (χ4v) is 2.79. The zero-order valence-electron chi connectivity index (χ0n) is 14.5. The first-order valence-electron chi connectivity index (χ1n) is 7.99. The molecule has 7 heteroatoms. The number of piperidine rings is 1. The van der Waals surface area contributed by atoms with Crippen molar-refractivity contribution in [3.8, 4) is 11.5 Å². The van der Waals surface area contributed by atoms with Gasteiger partial charge in [0.25, 0.3) is 5.91 Å². The van der Waals surface area contributed by atoms with E-state index < -0.39 is 5.60 Å². The summed E-state index contributed by atoms with van der Waals surface area (Å²) in [5.41, 5.74) is 0.236. The summed E-state index contributed by atoms with van der Waals surface area (Å²) >= 11 is 0. The molecule has 0 bridgehead atoms. The zero-order valence-corrected chi connectivity index (χ0v) is 15.3. The SMILES string of the molecule is CCOc1ccc(CNC(=O)C2(OC)CCNCC2)cc1OC.Cl. The molecule has 0 aliphatic carbocycles. The van der Waals surface area contributed by atoms with E-state index in [0.717, 1.165) is 18.7 Å². The van der Waals surface area contributed by atoms with Gasteiger partial charge in [-0.25, -0.2) is 0 Å². The monoisotopic (exact) mass is 358 g/mol. The number of benzene rings is 1. The number of hydrogen-bond acceptors (Lipinski definition) is 5. The second kappa shape index (κ2) is 9.71. The van der Waals surface area contributed by atoms with Crippen molar-refractivity contribution in [2.24, 2.45) is 0 Å². The Morgan fingerprint density at radius 3 is 2.54 bits per heavy atom. The summed E-state index contributed by atoms with van der Waals surface area (Å²) in [7, 11) is 3.21. The Labute approximate surface area is 149 Å². The lowest BCUT2D eigenvalue weighted by Crippen LogP contribution is -2.53. The maximum atomic E-state index is 12.5.